The van der Waals surface area contributed by atoms with E-state index in [0.29, 0.717) is 5.75 Å². The Hall–Kier alpha value is -1.02. The number of phenols is 1. The SMILES string of the molecule is CC1(Cc2ccccc2O)CCN1. The lowest BCUT2D eigenvalue weighted by molar-refractivity contribution is 0.229. The van der Waals surface area contributed by atoms with E-state index in [1.54, 1.807) is 6.07 Å². The summed E-state index contributed by atoms with van der Waals surface area (Å²) < 4.78 is 0. The highest BCUT2D eigenvalue weighted by Crippen LogP contribution is 2.27. The van der Waals surface area contributed by atoms with Crippen molar-refractivity contribution in [3.8, 4) is 5.75 Å². The fourth-order valence-corrected chi connectivity index (χ4v) is 1.78. The monoisotopic (exact) mass is 177 g/mol. The van der Waals surface area contributed by atoms with Crippen molar-refractivity contribution in [2.45, 2.75) is 25.3 Å². The molecule has 2 nitrogen and oxygen atoms in total. The fourth-order valence-electron chi connectivity index (χ4n) is 1.78. The molecule has 0 radical (unpaired) electrons. The van der Waals surface area contributed by atoms with Gasteiger partial charge in [0.15, 0.2) is 0 Å². The van der Waals surface area contributed by atoms with Crippen molar-refractivity contribution in [2.75, 3.05) is 6.54 Å². The van der Waals surface area contributed by atoms with E-state index in [-0.39, 0.29) is 5.54 Å². The van der Waals surface area contributed by atoms with Gasteiger partial charge in [-0.2, -0.15) is 0 Å². The summed E-state index contributed by atoms with van der Waals surface area (Å²) in [6.07, 6.45) is 2.11. The maximum absolute atomic E-state index is 9.57. The molecule has 0 aliphatic carbocycles. The molecule has 1 aromatic rings. The maximum Gasteiger partial charge on any atom is 0.118 e. The Morgan fingerprint density at radius 1 is 1.46 bits per heavy atom. The van der Waals surface area contributed by atoms with E-state index in [1.165, 1.54) is 6.42 Å². The Morgan fingerprint density at radius 3 is 2.69 bits per heavy atom. The molecule has 1 atom stereocenters. The summed E-state index contributed by atoms with van der Waals surface area (Å²) in [5.41, 5.74) is 1.25. The molecule has 2 heteroatoms. The summed E-state index contributed by atoms with van der Waals surface area (Å²) in [4.78, 5) is 0. The van der Waals surface area contributed by atoms with Crippen LogP contribution in [0.25, 0.3) is 0 Å². The number of benzene rings is 1. The average molecular weight is 177 g/mol. The number of hydrogen-bond donors (Lipinski definition) is 2. The van der Waals surface area contributed by atoms with Gasteiger partial charge in [-0.3, -0.25) is 0 Å². The Bertz CT molecular complexity index is 305. The molecule has 2 rings (SSSR count). The second kappa shape index (κ2) is 3.04. The molecule has 0 amide bonds. The summed E-state index contributed by atoms with van der Waals surface area (Å²) in [7, 11) is 0. The van der Waals surface area contributed by atoms with E-state index in [2.05, 4.69) is 12.2 Å². The zero-order chi connectivity index (χ0) is 9.31. The van der Waals surface area contributed by atoms with Crippen LogP contribution in [0.2, 0.25) is 0 Å². The van der Waals surface area contributed by atoms with Gasteiger partial charge < -0.3 is 10.4 Å². The van der Waals surface area contributed by atoms with Crippen LogP contribution in [0.3, 0.4) is 0 Å². The molecule has 1 saturated heterocycles. The molecule has 0 spiro atoms. The zero-order valence-corrected chi connectivity index (χ0v) is 7.88. The highest BCUT2D eigenvalue weighted by atomic mass is 16.3. The Kier molecular flexibility index (Phi) is 2.00. The second-order valence-corrected chi connectivity index (χ2v) is 4.04. The van der Waals surface area contributed by atoms with Gasteiger partial charge >= 0.3 is 0 Å². The fraction of sp³-hybridized carbons (Fsp3) is 0.455. The van der Waals surface area contributed by atoms with Crippen LogP contribution in [0.1, 0.15) is 18.9 Å². The van der Waals surface area contributed by atoms with Gasteiger partial charge in [0, 0.05) is 5.54 Å². The van der Waals surface area contributed by atoms with E-state index >= 15 is 0 Å². The van der Waals surface area contributed by atoms with Gasteiger partial charge in [-0.05, 0) is 37.9 Å². The third-order valence-electron chi connectivity index (χ3n) is 2.80. The third kappa shape index (κ3) is 1.68. The van der Waals surface area contributed by atoms with Crippen LogP contribution in [0.15, 0.2) is 24.3 Å². The summed E-state index contributed by atoms with van der Waals surface area (Å²) in [6, 6.07) is 7.56. The predicted molar refractivity (Wildman–Crippen MR) is 52.8 cm³/mol. The summed E-state index contributed by atoms with van der Waals surface area (Å²) >= 11 is 0. The molecule has 13 heavy (non-hydrogen) atoms. The number of hydrogen-bond acceptors (Lipinski definition) is 2. The van der Waals surface area contributed by atoms with Crippen LogP contribution in [0.5, 0.6) is 5.75 Å². The molecule has 1 aliphatic heterocycles. The van der Waals surface area contributed by atoms with Crippen molar-refractivity contribution in [3.05, 3.63) is 29.8 Å². The van der Waals surface area contributed by atoms with Crippen molar-refractivity contribution in [1.29, 1.82) is 0 Å². The summed E-state index contributed by atoms with van der Waals surface area (Å²) in [6.45, 7) is 3.30. The van der Waals surface area contributed by atoms with Crippen molar-refractivity contribution in [1.82, 2.24) is 5.32 Å². The topological polar surface area (TPSA) is 32.3 Å². The number of rotatable bonds is 2. The van der Waals surface area contributed by atoms with E-state index in [4.69, 9.17) is 0 Å². The van der Waals surface area contributed by atoms with Crippen LogP contribution in [-0.4, -0.2) is 17.2 Å². The molecule has 1 unspecified atom stereocenters. The lowest BCUT2D eigenvalue weighted by atomic mass is 9.83. The molecule has 0 bridgehead atoms. The minimum atomic E-state index is 0.207. The van der Waals surface area contributed by atoms with Crippen molar-refractivity contribution in [2.24, 2.45) is 0 Å². The molecular weight excluding hydrogens is 162 g/mol. The third-order valence-corrected chi connectivity index (χ3v) is 2.80. The number of phenolic OH excluding ortho intramolecular Hbond substituents is 1. The van der Waals surface area contributed by atoms with Crippen LogP contribution < -0.4 is 5.32 Å². The molecule has 2 N–H and O–H groups in total. The minimum absolute atomic E-state index is 0.207. The number of aromatic hydroxyl groups is 1. The molecule has 1 fully saturated rings. The van der Waals surface area contributed by atoms with E-state index < -0.39 is 0 Å². The predicted octanol–water partition coefficient (Wildman–Crippen LogP) is 1.69. The van der Waals surface area contributed by atoms with Crippen LogP contribution in [0.4, 0.5) is 0 Å². The second-order valence-electron chi connectivity index (χ2n) is 4.04. The molecule has 1 aliphatic rings. The van der Waals surface area contributed by atoms with E-state index in [0.717, 1.165) is 18.5 Å². The molecule has 1 heterocycles. The maximum atomic E-state index is 9.57. The number of para-hydroxylation sites is 1. The first kappa shape index (κ1) is 8.57. The van der Waals surface area contributed by atoms with Gasteiger partial charge in [0.2, 0.25) is 0 Å². The molecular formula is C11H15NO. The Morgan fingerprint density at radius 2 is 2.15 bits per heavy atom. The largest absolute Gasteiger partial charge is 0.508 e. The van der Waals surface area contributed by atoms with E-state index in [9.17, 15) is 5.11 Å². The zero-order valence-electron chi connectivity index (χ0n) is 7.88. The normalized spacial score (nSPS) is 26.8. The van der Waals surface area contributed by atoms with Crippen molar-refractivity contribution >= 4 is 0 Å². The molecule has 0 saturated carbocycles. The first-order valence-corrected chi connectivity index (χ1v) is 4.72. The van der Waals surface area contributed by atoms with Crippen LogP contribution >= 0.6 is 0 Å². The Labute approximate surface area is 78.6 Å². The van der Waals surface area contributed by atoms with Crippen molar-refractivity contribution in [3.63, 3.8) is 0 Å². The van der Waals surface area contributed by atoms with Crippen molar-refractivity contribution < 1.29 is 5.11 Å². The first-order chi connectivity index (χ1) is 6.20. The minimum Gasteiger partial charge on any atom is -0.508 e. The van der Waals surface area contributed by atoms with Gasteiger partial charge in [-0.1, -0.05) is 18.2 Å². The molecule has 70 valence electrons. The van der Waals surface area contributed by atoms with Crippen LogP contribution in [-0.2, 0) is 6.42 Å². The average Bonchev–Trinajstić information content (AvgIpc) is 2.06. The Balaban J connectivity index is 2.13. The quantitative estimate of drug-likeness (QED) is 0.720. The van der Waals surface area contributed by atoms with Gasteiger partial charge in [0.25, 0.3) is 0 Å². The molecule has 0 aromatic heterocycles. The van der Waals surface area contributed by atoms with Gasteiger partial charge in [-0.25, -0.2) is 0 Å². The smallest absolute Gasteiger partial charge is 0.118 e. The highest BCUT2D eigenvalue weighted by Gasteiger charge is 2.31. The number of nitrogens with one attached hydrogen (secondary N) is 1. The standard InChI is InChI=1S/C11H15NO/c1-11(6-7-12-11)8-9-4-2-3-5-10(9)13/h2-5,12-13H,6-8H2,1H3. The van der Waals surface area contributed by atoms with Crippen LogP contribution in [0, 0.1) is 0 Å². The summed E-state index contributed by atoms with van der Waals surface area (Å²) in [5, 5.41) is 13.0. The lowest BCUT2D eigenvalue weighted by Gasteiger charge is -2.40. The van der Waals surface area contributed by atoms with Gasteiger partial charge in [-0.15, -0.1) is 0 Å². The highest BCUT2D eigenvalue weighted by molar-refractivity contribution is 5.33. The first-order valence-electron chi connectivity index (χ1n) is 4.72. The summed E-state index contributed by atoms with van der Waals surface area (Å²) in [5.74, 6) is 0.414. The molecule has 1 aromatic carbocycles. The lowest BCUT2D eigenvalue weighted by Crippen LogP contribution is -2.55. The van der Waals surface area contributed by atoms with E-state index in [1.807, 2.05) is 18.2 Å². The van der Waals surface area contributed by atoms with Gasteiger partial charge in [0.1, 0.15) is 5.75 Å². The van der Waals surface area contributed by atoms with Gasteiger partial charge in [0.05, 0.1) is 0 Å².